The first-order valence-corrected chi connectivity index (χ1v) is 5.10. The lowest BCUT2D eigenvalue weighted by molar-refractivity contribution is -0.515. The van der Waals surface area contributed by atoms with E-state index in [1.165, 1.54) is 0 Å². The summed E-state index contributed by atoms with van der Waals surface area (Å²) in [7, 11) is 1.62. The zero-order valence-corrected chi connectivity index (χ0v) is 9.47. The smallest absolute Gasteiger partial charge is 0.222 e. The van der Waals surface area contributed by atoms with Crippen LogP contribution >= 0.6 is 0 Å². The minimum atomic E-state index is -0.557. The van der Waals surface area contributed by atoms with Gasteiger partial charge in [-0.3, -0.25) is 10.1 Å². The number of nitrogens with zero attached hydrogens (tertiary/aromatic N) is 1. The number of nitrogens with one attached hydrogen (secondary N) is 1. The molecule has 0 saturated heterocycles. The van der Waals surface area contributed by atoms with Gasteiger partial charge in [0.05, 0.1) is 13.7 Å². The van der Waals surface area contributed by atoms with Crippen molar-refractivity contribution in [1.82, 2.24) is 5.32 Å². The van der Waals surface area contributed by atoms with E-state index in [9.17, 15) is 10.1 Å². The molecule has 0 aliphatic rings. The van der Waals surface area contributed by atoms with E-state index in [1.807, 2.05) is 24.3 Å². The van der Waals surface area contributed by atoms with Gasteiger partial charge in [0.1, 0.15) is 5.75 Å². The Hall–Kier alpha value is -1.62. The highest BCUT2D eigenvalue weighted by Crippen LogP contribution is 2.10. The molecule has 0 heterocycles. The summed E-state index contributed by atoms with van der Waals surface area (Å²) in [5.74, 6) is 0.808. The van der Waals surface area contributed by atoms with Crippen molar-refractivity contribution in [1.29, 1.82) is 0 Å². The molecule has 0 amide bonds. The van der Waals surface area contributed by atoms with E-state index in [-0.39, 0.29) is 4.92 Å². The van der Waals surface area contributed by atoms with Crippen LogP contribution in [-0.2, 0) is 6.54 Å². The number of rotatable bonds is 6. The highest BCUT2D eigenvalue weighted by Gasteiger charge is 2.10. The van der Waals surface area contributed by atoms with Gasteiger partial charge in [-0.2, -0.15) is 0 Å². The lowest BCUT2D eigenvalue weighted by Gasteiger charge is -2.07. The summed E-state index contributed by atoms with van der Waals surface area (Å²) < 4.78 is 5.03. The molecule has 1 aromatic rings. The third-order valence-electron chi connectivity index (χ3n) is 2.29. The van der Waals surface area contributed by atoms with Gasteiger partial charge < -0.3 is 10.1 Å². The summed E-state index contributed by atoms with van der Waals surface area (Å²) in [6, 6.07) is 7.05. The first kappa shape index (κ1) is 12.4. The summed E-state index contributed by atoms with van der Waals surface area (Å²) in [5.41, 5.74) is 1.08. The quantitative estimate of drug-likeness (QED) is 0.586. The van der Waals surface area contributed by atoms with Crippen LogP contribution in [0.1, 0.15) is 12.5 Å². The molecule has 0 aromatic heterocycles. The highest BCUT2D eigenvalue weighted by atomic mass is 16.6. The van der Waals surface area contributed by atoms with Gasteiger partial charge in [0.2, 0.25) is 6.04 Å². The Kier molecular flexibility index (Phi) is 4.72. The third kappa shape index (κ3) is 3.86. The van der Waals surface area contributed by atoms with Gasteiger partial charge in [-0.25, -0.2) is 0 Å². The van der Waals surface area contributed by atoms with E-state index in [0.29, 0.717) is 13.1 Å². The monoisotopic (exact) mass is 224 g/mol. The Morgan fingerprint density at radius 1 is 1.44 bits per heavy atom. The van der Waals surface area contributed by atoms with Gasteiger partial charge >= 0.3 is 0 Å². The van der Waals surface area contributed by atoms with Crippen molar-refractivity contribution in [3.05, 3.63) is 39.9 Å². The first-order valence-electron chi connectivity index (χ1n) is 5.10. The van der Waals surface area contributed by atoms with Crippen LogP contribution in [0.3, 0.4) is 0 Å². The fourth-order valence-electron chi connectivity index (χ4n) is 1.24. The van der Waals surface area contributed by atoms with Gasteiger partial charge in [0.25, 0.3) is 0 Å². The van der Waals surface area contributed by atoms with Crippen LogP contribution in [0.2, 0.25) is 0 Å². The lowest BCUT2D eigenvalue weighted by atomic mass is 10.2. The maximum Gasteiger partial charge on any atom is 0.222 e. The number of ether oxygens (including phenoxy) is 1. The van der Waals surface area contributed by atoms with Crippen molar-refractivity contribution in [2.24, 2.45) is 0 Å². The Morgan fingerprint density at radius 2 is 2.06 bits per heavy atom. The number of nitro groups is 1. The van der Waals surface area contributed by atoms with Crippen molar-refractivity contribution in [3.63, 3.8) is 0 Å². The van der Waals surface area contributed by atoms with Crippen molar-refractivity contribution < 1.29 is 9.66 Å². The predicted molar refractivity (Wildman–Crippen MR) is 61.2 cm³/mol. The van der Waals surface area contributed by atoms with Crippen molar-refractivity contribution in [3.8, 4) is 5.75 Å². The van der Waals surface area contributed by atoms with Gasteiger partial charge in [0, 0.05) is 18.4 Å². The molecule has 0 bridgehead atoms. The minimum Gasteiger partial charge on any atom is -0.497 e. The molecule has 1 atom stereocenters. The lowest BCUT2D eigenvalue weighted by Crippen LogP contribution is -2.30. The molecule has 0 saturated carbocycles. The average molecular weight is 224 g/mol. The van der Waals surface area contributed by atoms with E-state index in [1.54, 1.807) is 14.0 Å². The summed E-state index contributed by atoms with van der Waals surface area (Å²) in [4.78, 5) is 10.1. The highest BCUT2D eigenvalue weighted by molar-refractivity contribution is 5.26. The van der Waals surface area contributed by atoms with Crippen LogP contribution in [0.25, 0.3) is 0 Å². The molecule has 88 valence electrons. The molecule has 0 aliphatic heterocycles. The van der Waals surface area contributed by atoms with Crippen LogP contribution in [0.4, 0.5) is 0 Å². The Bertz CT molecular complexity index is 338. The number of benzene rings is 1. The van der Waals surface area contributed by atoms with Gasteiger partial charge in [-0.1, -0.05) is 12.1 Å². The van der Waals surface area contributed by atoms with Gasteiger partial charge in [0.15, 0.2) is 0 Å². The normalized spacial score (nSPS) is 12.1. The van der Waals surface area contributed by atoms with Gasteiger partial charge in [-0.15, -0.1) is 0 Å². The van der Waals surface area contributed by atoms with E-state index >= 15 is 0 Å². The Labute approximate surface area is 94.6 Å². The summed E-state index contributed by atoms with van der Waals surface area (Å²) in [6.45, 7) is 2.59. The van der Waals surface area contributed by atoms with Crippen molar-refractivity contribution in [2.45, 2.75) is 19.5 Å². The number of methoxy groups -OCH3 is 1. The molecular formula is C11H16N2O3. The standard InChI is InChI=1S/C11H16N2O3/c1-9(13(14)15)7-12-8-10-3-5-11(16-2)6-4-10/h3-6,9,12H,7-8H2,1-2H3. The third-order valence-corrected chi connectivity index (χ3v) is 2.29. The maximum absolute atomic E-state index is 10.4. The zero-order valence-electron chi connectivity index (χ0n) is 9.47. The largest absolute Gasteiger partial charge is 0.497 e. The van der Waals surface area contributed by atoms with Crippen LogP contribution in [0.5, 0.6) is 5.75 Å². The van der Waals surface area contributed by atoms with Crippen LogP contribution in [-0.4, -0.2) is 24.6 Å². The Morgan fingerprint density at radius 3 is 2.56 bits per heavy atom. The van der Waals surface area contributed by atoms with E-state index in [0.717, 1.165) is 11.3 Å². The molecule has 0 fully saturated rings. The Balaban J connectivity index is 2.34. The summed E-state index contributed by atoms with van der Waals surface area (Å²) in [5, 5.41) is 13.4. The molecular weight excluding hydrogens is 208 g/mol. The molecule has 0 spiro atoms. The van der Waals surface area contributed by atoms with Crippen molar-refractivity contribution >= 4 is 0 Å². The minimum absolute atomic E-state index is 0.291. The second-order valence-electron chi connectivity index (χ2n) is 3.61. The maximum atomic E-state index is 10.4. The molecule has 0 radical (unpaired) electrons. The summed E-state index contributed by atoms with van der Waals surface area (Å²) in [6.07, 6.45) is 0. The molecule has 16 heavy (non-hydrogen) atoms. The predicted octanol–water partition coefficient (Wildman–Crippen LogP) is 1.45. The first-order chi connectivity index (χ1) is 7.63. The van der Waals surface area contributed by atoms with E-state index in [4.69, 9.17) is 4.74 Å². The second-order valence-corrected chi connectivity index (χ2v) is 3.61. The zero-order chi connectivity index (χ0) is 12.0. The molecule has 1 N–H and O–H groups in total. The average Bonchev–Trinajstić information content (AvgIpc) is 2.29. The topological polar surface area (TPSA) is 64.4 Å². The van der Waals surface area contributed by atoms with Crippen molar-refractivity contribution in [2.75, 3.05) is 13.7 Å². The van der Waals surface area contributed by atoms with Crippen LogP contribution < -0.4 is 10.1 Å². The number of hydrogen-bond donors (Lipinski definition) is 1. The number of hydrogen-bond acceptors (Lipinski definition) is 4. The fraction of sp³-hybridized carbons (Fsp3) is 0.455. The van der Waals surface area contributed by atoms with Crippen LogP contribution in [0, 0.1) is 10.1 Å². The summed E-state index contributed by atoms with van der Waals surface area (Å²) >= 11 is 0. The second kappa shape index (κ2) is 6.07. The molecule has 5 heteroatoms. The van der Waals surface area contributed by atoms with E-state index < -0.39 is 6.04 Å². The molecule has 1 unspecified atom stereocenters. The van der Waals surface area contributed by atoms with Gasteiger partial charge in [-0.05, 0) is 17.7 Å². The SMILES string of the molecule is COc1ccc(CNCC(C)[N+](=O)[O-])cc1. The molecule has 0 aliphatic carbocycles. The van der Waals surface area contributed by atoms with Crippen LogP contribution in [0.15, 0.2) is 24.3 Å². The fourth-order valence-corrected chi connectivity index (χ4v) is 1.24. The molecule has 1 rings (SSSR count). The molecule has 5 nitrogen and oxygen atoms in total. The van der Waals surface area contributed by atoms with E-state index in [2.05, 4.69) is 5.32 Å². The molecule has 1 aromatic carbocycles.